The van der Waals surface area contributed by atoms with Gasteiger partial charge in [0.05, 0.1) is 6.54 Å². The van der Waals surface area contributed by atoms with Crippen molar-refractivity contribution in [1.29, 1.82) is 0 Å². The van der Waals surface area contributed by atoms with Crippen molar-refractivity contribution in [3.8, 4) is 0 Å². The minimum Gasteiger partial charge on any atom is -0.385 e. The number of hydrogen-bond donors (Lipinski definition) is 2. The first kappa shape index (κ1) is 14.4. The number of fused-ring (bicyclic) bond motifs is 1. The molecule has 0 aromatic rings. The molecule has 1 aliphatic carbocycles. The van der Waals surface area contributed by atoms with E-state index in [1.165, 1.54) is 19.3 Å². The van der Waals surface area contributed by atoms with E-state index in [-0.39, 0.29) is 11.9 Å². The van der Waals surface area contributed by atoms with Crippen LogP contribution in [0, 0.1) is 0 Å². The van der Waals surface area contributed by atoms with E-state index in [4.69, 9.17) is 0 Å². The van der Waals surface area contributed by atoms with Crippen LogP contribution in [0.5, 0.6) is 0 Å². The topological polar surface area (TPSA) is 44.4 Å². The third-order valence-electron chi connectivity index (χ3n) is 4.30. The summed E-state index contributed by atoms with van der Waals surface area (Å²) in [5.74, 6) is 0.160. The number of amides is 1. The van der Waals surface area contributed by atoms with Crippen molar-refractivity contribution >= 4 is 5.91 Å². The highest BCUT2D eigenvalue weighted by molar-refractivity contribution is 5.79. The zero-order valence-corrected chi connectivity index (χ0v) is 12.4. The Morgan fingerprint density at radius 2 is 2.05 bits per heavy atom. The van der Waals surface area contributed by atoms with Crippen molar-refractivity contribution in [3.63, 3.8) is 0 Å². The Bertz CT molecular complexity index is 353. The highest BCUT2D eigenvalue weighted by Gasteiger charge is 2.38. The molecule has 1 saturated heterocycles. The van der Waals surface area contributed by atoms with Crippen molar-refractivity contribution in [2.45, 2.75) is 70.6 Å². The van der Waals surface area contributed by atoms with Crippen LogP contribution < -0.4 is 10.6 Å². The molecule has 1 aliphatic heterocycles. The van der Waals surface area contributed by atoms with Gasteiger partial charge in [-0.3, -0.25) is 9.69 Å². The summed E-state index contributed by atoms with van der Waals surface area (Å²) < 4.78 is 0. The van der Waals surface area contributed by atoms with Gasteiger partial charge >= 0.3 is 0 Å². The molecule has 0 aromatic heterocycles. The summed E-state index contributed by atoms with van der Waals surface area (Å²) in [7, 11) is 0. The van der Waals surface area contributed by atoms with Gasteiger partial charge in [0, 0.05) is 29.9 Å². The van der Waals surface area contributed by atoms with Crippen LogP contribution in [-0.4, -0.2) is 41.5 Å². The molecule has 1 saturated carbocycles. The van der Waals surface area contributed by atoms with Gasteiger partial charge in [0.25, 0.3) is 0 Å². The summed E-state index contributed by atoms with van der Waals surface area (Å²) in [5.41, 5.74) is 1.02. The number of nitrogens with one attached hydrogen (secondary N) is 2. The van der Waals surface area contributed by atoms with E-state index in [1.807, 2.05) is 0 Å². The van der Waals surface area contributed by atoms with Gasteiger partial charge in [0.2, 0.25) is 5.91 Å². The van der Waals surface area contributed by atoms with Crippen LogP contribution in [0.1, 0.15) is 46.5 Å². The lowest BCUT2D eigenvalue weighted by atomic mass is 9.86. The molecule has 2 N–H and O–H groups in total. The van der Waals surface area contributed by atoms with Crippen LogP contribution in [0.15, 0.2) is 12.3 Å². The Morgan fingerprint density at radius 1 is 1.37 bits per heavy atom. The number of carbonyl (C=O) groups excluding carboxylic acids is 1. The zero-order valence-electron chi connectivity index (χ0n) is 12.4. The Balaban J connectivity index is 2.07. The number of nitrogens with zero attached hydrogens (tertiary/aromatic N) is 1. The summed E-state index contributed by atoms with van der Waals surface area (Å²) in [6.07, 6.45) is 4.80. The number of rotatable bonds is 4. The van der Waals surface area contributed by atoms with Crippen molar-refractivity contribution in [3.05, 3.63) is 12.3 Å². The first-order chi connectivity index (χ1) is 8.99. The Morgan fingerprint density at radius 3 is 2.74 bits per heavy atom. The third-order valence-corrected chi connectivity index (χ3v) is 4.30. The van der Waals surface area contributed by atoms with Gasteiger partial charge in [0.1, 0.15) is 0 Å². The fourth-order valence-corrected chi connectivity index (χ4v) is 3.33. The summed E-state index contributed by atoms with van der Waals surface area (Å²) in [4.78, 5) is 14.2. The monoisotopic (exact) mass is 265 g/mol. The largest absolute Gasteiger partial charge is 0.385 e. The Hall–Kier alpha value is -1.03. The first-order valence-corrected chi connectivity index (χ1v) is 7.49. The van der Waals surface area contributed by atoms with Gasteiger partial charge < -0.3 is 10.6 Å². The SMILES string of the molecule is C=C(NC(C)C)C(C)N1CC(=O)NC2CCCCC21. The van der Waals surface area contributed by atoms with Gasteiger partial charge in [-0.1, -0.05) is 19.4 Å². The molecule has 3 atom stereocenters. The van der Waals surface area contributed by atoms with Crippen LogP contribution in [-0.2, 0) is 4.79 Å². The molecule has 1 heterocycles. The van der Waals surface area contributed by atoms with E-state index in [0.717, 1.165) is 12.1 Å². The zero-order chi connectivity index (χ0) is 14.0. The smallest absolute Gasteiger partial charge is 0.234 e. The fraction of sp³-hybridized carbons (Fsp3) is 0.800. The van der Waals surface area contributed by atoms with Crippen molar-refractivity contribution in [2.75, 3.05) is 6.54 Å². The minimum atomic E-state index is 0.160. The maximum absolute atomic E-state index is 11.9. The average molecular weight is 265 g/mol. The van der Waals surface area contributed by atoms with Crippen LogP contribution in [0.25, 0.3) is 0 Å². The Labute approximate surface area is 116 Å². The molecule has 0 spiro atoms. The second-order valence-corrected chi connectivity index (χ2v) is 6.20. The molecule has 4 nitrogen and oxygen atoms in total. The lowest BCUT2D eigenvalue weighted by molar-refractivity contribution is -0.129. The lowest BCUT2D eigenvalue weighted by Gasteiger charge is -2.47. The molecule has 2 aliphatic rings. The molecular formula is C15H27N3O. The fourth-order valence-electron chi connectivity index (χ4n) is 3.33. The van der Waals surface area contributed by atoms with Gasteiger partial charge in [-0.25, -0.2) is 0 Å². The first-order valence-electron chi connectivity index (χ1n) is 7.49. The molecule has 19 heavy (non-hydrogen) atoms. The molecule has 108 valence electrons. The molecule has 0 aromatic carbocycles. The van der Waals surface area contributed by atoms with Crippen LogP contribution in [0.2, 0.25) is 0 Å². The number of hydrogen-bond acceptors (Lipinski definition) is 3. The average Bonchev–Trinajstić information content (AvgIpc) is 2.36. The summed E-state index contributed by atoms with van der Waals surface area (Å²) in [5, 5.41) is 6.53. The molecule has 0 radical (unpaired) electrons. The highest BCUT2D eigenvalue weighted by Crippen LogP contribution is 2.28. The second kappa shape index (κ2) is 5.95. The van der Waals surface area contributed by atoms with Gasteiger partial charge in [-0.05, 0) is 33.6 Å². The molecule has 2 rings (SSSR count). The third kappa shape index (κ3) is 3.30. The van der Waals surface area contributed by atoms with E-state index < -0.39 is 0 Å². The second-order valence-electron chi connectivity index (χ2n) is 6.20. The number of piperazine rings is 1. The Kier molecular flexibility index (Phi) is 4.50. The van der Waals surface area contributed by atoms with Crippen molar-refractivity contribution in [1.82, 2.24) is 15.5 Å². The van der Waals surface area contributed by atoms with E-state index in [9.17, 15) is 4.79 Å². The van der Waals surface area contributed by atoms with Crippen molar-refractivity contribution in [2.24, 2.45) is 0 Å². The van der Waals surface area contributed by atoms with E-state index in [2.05, 4.69) is 42.9 Å². The molecule has 4 heteroatoms. The standard InChI is InChI=1S/C15H27N3O/c1-10(2)16-11(3)12(4)18-9-15(19)17-13-7-5-6-8-14(13)18/h10,12-14,16H,3,5-9H2,1-2,4H3,(H,17,19). The van der Waals surface area contributed by atoms with E-state index in [1.54, 1.807) is 0 Å². The van der Waals surface area contributed by atoms with E-state index in [0.29, 0.717) is 24.7 Å². The van der Waals surface area contributed by atoms with Gasteiger partial charge in [-0.15, -0.1) is 0 Å². The summed E-state index contributed by atoms with van der Waals surface area (Å²) in [6, 6.07) is 1.41. The molecule has 3 unspecified atom stereocenters. The maximum atomic E-state index is 11.9. The highest BCUT2D eigenvalue weighted by atomic mass is 16.2. The van der Waals surface area contributed by atoms with Crippen LogP contribution in [0.4, 0.5) is 0 Å². The van der Waals surface area contributed by atoms with Crippen LogP contribution >= 0.6 is 0 Å². The summed E-state index contributed by atoms with van der Waals surface area (Å²) in [6.45, 7) is 11.0. The predicted octanol–water partition coefficient (Wildman–Crippen LogP) is 1.63. The lowest BCUT2D eigenvalue weighted by Crippen LogP contribution is -2.64. The predicted molar refractivity (Wildman–Crippen MR) is 77.8 cm³/mol. The quantitative estimate of drug-likeness (QED) is 0.812. The minimum absolute atomic E-state index is 0.160. The summed E-state index contributed by atoms with van der Waals surface area (Å²) >= 11 is 0. The molecule has 1 amide bonds. The normalized spacial score (nSPS) is 29.6. The van der Waals surface area contributed by atoms with Crippen LogP contribution in [0.3, 0.4) is 0 Å². The van der Waals surface area contributed by atoms with Gasteiger partial charge in [0.15, 0.2) is 0 Å². The van der Waals surface area contributed by atoms with E-state index >= 15 is 0 Å². The van der Waals surface area contributed by atoms with Crippen molar-refractivity contribution < 1.29 is 4.79 Å². The molecule has 0 bridgehead atoms. The maximum Gasteiger partial charge on any atom is 0.234 e. The van der Waals surface area contributed by atoms with Gasteiger partial charge in [-0.2, -0.15) is 0 Å². The molecular weight excluding hydrogens is 238 g/mol. The molecule has 2 fully saturated rings. The number of carbonyl (C=O) groups is 1.